The number of methoxy groups -OCH3 is 2. The van der Waals surface area contributed by atoms with E-state index in [1.165, 1.54) is 37.3 Å². The number of nitrogens with zero attached hydrogens (tertiary/aromatic N) is 2. The maximum absolute atomic E-state index is 14.0. The zero-order chi connectivity index (χ0) is 30.7. The molecule has 0 saturated carbocycles. The fourth-order valence-corrected chi connectivity index (χ4v) is 5.86. The number of aryl methyl sites for hydroxylation is 1. The van der Waals surface area contributed by atoms with E-state index in [0.717, 1.165) is 28.3 Å². The molecular formula is C32H41N3O6S. The van der Waals surface area contributed by atoms with Crippen LogP contribution in [0, 0.1) is 6.92 Å². The van der Waals surface area contributed by atoms with Crippen LogP contribution in [0.25, 0.3) is 0 Å². The number of sulfonamides is 1. The lowest BCUT2D eigenvalue weighted by Crippen LogP contribution is -2.52. The number of anilines is 1. The predicted octanol–water partition coefficient (Wildman–Crippen LogP) is 4.58. The number of nitrogens with one attached hydrogen (secondary N) is 1. The summed E-state index contributed by atoms with van der Waals surface area (Å²) >= 11 is 0. The quantitative estimate of drug-likeness (QED) is 0.258. The number of rotatable bonds is 15. The average Bonchev–Trinajstić information content (AvgIpc) is 3.00. The van der Waals surface area contributed by atoms with Crippen molar-refractivity contribution in [1.29, 1.82) is 0 Å². The van der Waals surface area contributed by atoms with E-state index in [1.54, 1.807) is 31.2 Å². The highest BCUT2D eigenvalue weighted by Crippen LogP contribution is 2.34. The van der Waals surface area contributed by atoms with Gasteiger partial charge in [-0.2, -0.15) is 0 Å². The summed E-state index contributed by atoms with van der Waals surface area (Å²) in [5, 5.41) is 2.90. The Morgan fingerprint density at radius 2 is 1.60 bits per heavy atom. The molecule has 2 amide bonds. The smallest absolute Gasteiger partial charge is 0.264 e. The minimum atomic E-state index is -4.19. The maximum atomic E-state index is 14.0. The predicted molar refractivity (Wildman–Crippen MR) is 164 cm³/mol. The van der Waals surface area contributed by atoms with Gasteiger partial charge in [-0.15, -0.1) is 0 Å². The first-order chi connectivity index (χ1) is 20.1. The van der Waals surface area contributed by atoms with Crippen LogP contribution in [0.15, 0.2) is 77.7 Å². The Hall–Kier alpha value is -4.05. The molecule has 9 nitrogen and oxygen atoms in total. The van der Waals surface area contributed by atoms with Gasteiger partial charge in [0.2, 0.25) is 11.8 Å². The van der Waals surface area contributed by atoms with Gasteiger partial charge in [0.05, 0.1) is 24.8 Å². The van der Waals surface area contributed by atoms with Gasteiger partial charge in [0.15, 0.2) is 11.5 Å². The van der Waals surface area contributed by atoms with E-state index in [2.05, 4.69) is 5.32 Å². The van der Waals surface area contributed by atoms with Gasteiger partial charge in [-0.05, 0) is 56.5 Å². The van der Waals surface area contributed by atoms with Crippen molar-refractivity contribution in [3.8, 4) is 11.5 Å². The molecule has 226 valence electrons. The van der Waals surface area contributed by atoms with E-state index in [4.69, 9.17) is 9.47 Å². The van der Waals surface area contributed by atoms with Crippen LogP contribution in [-0.2, 0) is 26.0 Å². The third-order valence-electron chi connectivity index (χ3n) is 7.02. The van der Waals surface area contributed by atoms with E-state index in [0.29, 0.717) is 24.5 Å². The van der Waals surface area contributed by atoms with Crippen LogP contribution in [-0.4, -0.2) is 65.0 Å². The summed E-state index contributed by atoms with van der Waals surface area (Å²) in [7, 11) is -1.25. The molecule has 0 spiro atoms. The Bertz CT molecular complexity index is 1430. The summed E-state index contributed by atoms with van der Waals surface area (Å²) in [6, 6.07) is 19.9. The van der Waals surface area contributed by atoms with Crippen molar-refractivity contribution in [2.75, 3.05) is 38.2 Å². The number of amides is 2. The highest BCUT2D eigenvalue weighted by molar-refractivity contribution is 7.92. The summed E-state index contributed by atoms with van der Waals surface area (Å²) in [6.07, 6.45) is 2.24. The second-order valence-corrected chi connectivity index (χ2v) is 11.9. The molecule has 0 aliphatic heterocycles. The minimum absolute atomic E-state index is 0.0388. The Balaban J connectivity index is 2.01. The number of benzene rings is 3. The topological polar surface area (TPSA) is 105 Å². The normalized spacial score (nSPS) is 11.8. The molecule has 1 atom stereocenters. The number of hydrogen-bond donors (Lipinski definition) is 1. The van der Waals surface area contributed by atoms with Crippen molar-refractivity contribution in [2.24, 2.45) is 0 Å². The lowest BCUT2D eigenvalue weighted by molar-refractivity contribution is -0.138. The maximum Gasteiger partial charge on any atom is 0.264 e. The Labute approximate surface area is 249 Å². The van der Waals surface area contributed by atoms with Crippen molar-refractivity contribution < 1.29 is 27.5 Å². The molecule has 0 bridgehead atoms. The fraction of sp³-hybridized carbons (Fsp3) is 0.375. The van der Waals surface area contributed by atoms with Crippen LogP contribution in [0.5, 0.6) is 11.5 Å². The van der Waals surface area contributed by atoms with Gasteiger partial charge in [-0.1, -0.05) is 61.4 Å². The largest absolute Gasteiger partial charge is 0.493 e. The van der Waals surface area contributed by atoms with Gasteiger partial charge < -0.3 is 19.7 Å². The lowest BCUT2D eigenvalue weighted by Gasteiger charge is -2.32. The summed E-state index contributed by atoms with van der Waals surface area (Å²) < 4.78 is 39.8. The molecule has 3 rings (SSSR count). The summed E-state index contributed by atoms with van der Waals surface area (Å²) in [5.41, 5.74) is 2.13. The van der Waals surface area contributed by atoms with Crippen molar-refractivity contribution >= 4 is 27.5 Å². The van der Waals surface area contributed by atoms with Crippen LogP contribution in [0.2, 0.25) is 0 Å². The first-order valence-corrected chi connectivity index (χ1v) is 15.5. The van der Waals surface area contributed by atoms with Crippen LogP contribution >= 0.6 is 0 Å². The SMILES string of the molecule is CCCCNC(=O)[C@@H](C)N(CCc1ccccc1)C(=O)CN(c1ccc(OC)c(OC)c1)S(=O)(=O)c1ccc(C)cc1. The molecule has 1 N–H and O–H groups in total. The van der Waals surface area contributed by atoms with E-state index >= 15 is 0 Å². The second-order valence-electron chi connectivity index (χ2n) is 10.0. The van der Waals surface area contributed by atoms with Crippen molar-refractivity contribution in [2.45, 2.75) is 51.0 Å². The number of ether oxygens (including phenoxy) is 2. The molecular weight excluding hydrogens is 554 g/mol. The monoisotopic (exact) mass is 595 g/mol. The highest BCUT2D eigenvalue weighted by Gasteiger charge is 2.32. The Morgan fingerprint density at radius 1 is 0.929 bits per heavy atom. The molecule has 3 aromatic rings. The van der Waals surface area contributed by atoms with Gasteiger partial charge in [-0.25, -0.2) is 8.42 Å². The molecule has 0 saturated heterocycles. The van der Waals surface area contributed by atoms with Gasteiger partial charge in [-0.3, -0.25) is 13.9 Å². The summed E-state index contributed by atoms with van der Waals surface area (Å²) in [4.78, 5) is 28.6. The van der Waals surface area contributed by atoms with Crippen LogP contribution < -0.4 is 19.1 Å². The fourth-order valence-electron chi connectivity index (χ4n) is 4.45. The third-order valence-corrected chi connectivity index (χ3v) is 8.81. The summed E-state index contributed by atoms with van der Waals surface area (Å²) in [6.45, 7) is 5.77. The van der Waals surface area contributed by atoms with Crippen LogP contribution in [0.4, 0.5) is 5.69 Å². The average molecular weight is 596 g/mol. The van der Waals surface area contributed by atoms with Gasteiger partial charge in [0, 0.05) is 19.2 Å². The molecule has 0 unspecified atom stereocenters. The number of carbonyl (C=O) groups is 2. The van der Waals surface area contributed by atoms with Crippen molar-refractivity contribution in [3.63, 3.8) is 0 Å². The van der Waals surface area contributed by atoms with E-state index in [1.807, 2.05) is 44.2 Å². The highest BCUT2D eigenvalue weighted by atomic mass is 32.2. The molecule has 0 aliphatic rings. The van der Waals surface area contributed by atoms with Gasteiger partial charge in [0.1, 0.15) is 12.6 Å². The molecule has 0 fully saturated rings. The van der Waals surface area contributed by atoms with E-state index in [-0.39, 0.29) is 23.0 Å². The first kappa shape index (κ1) is 32.5. The molecule has 0 radical (unpaired) electrons. The third kappa shape index (κ3) is 8.25. The second kappa shape index (κ2) is 15.3. The van der Waals surface area contributed by atoms with E-state index in [9.17, 15) is 18.0 Å². The lowest BCUT2D eigenvalue weighted by atomic mass is 10.1. The van der Waals surface area contributed by atoms with Gasteiger partial charge >= 0.3 is 0 Å². The molecule has 0 aliphatic carbocycles. The van der Waals surface area contributed by atoms with Crippen LogP contribution in [0.3, 0.4) is 0 Å². The molecule has 0 heterocycles. The van der Waals surface area contributed by atoms with Crippen molar-refractivity contribution in [1.82, 2.24) is 10.2 Å². The first-order valence-electron chi connectivity index (χ1n) is 14.0. The molecule has 10 heteroatoms. The number of hydrogen-bond acceptors (Lipinski definition) is 6. The number of carbonyl (C=O) groups excluding carboxylic acids is 2. The zero-order valence-corrected chi connectivity index (χ0v) is 25.8. The summed E-state index contributed by atoms with van der Waals surface area (Å²) in [5.74, 6) is -0.0586. The Kier molecular flexibility index (Phi) is 11.8. The van der Waals surface area contributed by atoms with E-state index < -0.39 is 28.5 Å². The standard InChI is InChI=1S/C32H41N3O6S/c1-6-7-20-33-32(37)25(3)34(21-19-26-11-9-8-10-12-26)31(36)23-35(27-15-18-29(40-4)30(22-27)41-5)42(38,39)28-16-13-24(2)14-17-28/h8-18,22,25H,6-7,19-21,23H2,1-5H3,(H,33,37)/t25-/m1/s1. The van der Waals surface area contributed by atoms with Crippen LogP contribution in [0.1, 0.15) is 37.8 Å². The van der Waals surface area contributed by atoms with Crippen molar-refractivity contribution in [3.05, 3.63) is 83.9 Å². The Morgan fingerprint density at radius 3 is 2.21 bits per heavy atom. The van der Waals surface area contributed by atoms with Gasteiger partial charge in [0.25, 0.3) is 10.0 Å². The number of unbranched alkanes of at least 4 members (excludes halogenated alkanes) is 1. The minimum Gasteiger partial charge on any atom is -0.493 e. The molecule has 3 aromatic carbocycles. The zero-order valence-electron chi connectivity index (χ0n) is 25.0. The molecule has 0 aromatic heterocycles. The molecule has 42 heavy (non-hydrogen) atoms.